The molecule has 1 atom stereocenters. The number of carbonyl (C=O) groups is 1. The molecule has 11 heteroatoms. The third-order valence-electron chi connectivity index (χ3n) is 5.74. The molecule has 0 heterocycles. The van der Waals surface area contributed by atoms with Crippen LogP contribution in [0, 0.1) is 35.0 Å². The van der Waals surface area contributed by atoms with Gasteiger partial charge in [0.2, 0.25) is 34.8 Å². The molecule has 0 aromatic heterocycles. The molecule has 0 aliphatic carbocycles. The van der Waals surface area contributed by atoms with E-state index in [4.69, 9.17) is 14.2 Å². The Labute approximate surface area is 209 Å². The standard InChI is InChI=1S/C25H38F5NO5/c1-6-7-8-9-10-11-13-17(25(33-4,34-5)36-16(2)3)14-12-15-31-24(32)35-23-21(29)19(27)18(26)20(28)22(23)30/h16-17H,6-15H2,1-5H3,(H,31,32). The lowest BCUT2D eigenvalue weighted by Crippen LogP contribution is -2.46. The molecule has 1 N–H and O–H groups in total. The first-order valence-corrected chi connectivity index (χ1v) is 12.3. The fraction of sp³-hybridized carbons (Fsp3) is 0.720. The van der Waals surface area contributed by atoms with Crippen LogP contribution in [0.3, 0.4) is 0 Å². The largest absolute Gasteiger partial charge is 0.412 e. The van der Waals surface area contributed by atoms with Gasteiger partial charge in [0.15, 0.2) is 0 Å². The van der Waals surface area contributed by atoms with Crippen molar-refractivity contribution >= 4 is 6.09 Å². The molecule has 208 valence electrons. The molecule has 0 radical (unpaired) electrons. The second-order valence-corrected chi connectivity index (χ2v) is 8.79. The molecule has 1 unspecified atom stereocenters. The predicted octanol–water partition coefficient (Wildman–Crippen LogP) is 6.99. The first-order chi connectivity index (χ1) is 17.0. The smallest absolute Gasteiger partial charge is 0.404 e. The van der Waals surface area contributed by atoms with Crippen molar-refractivity contribution in [2.45, 2.75) is 90.6 Å². The lowest BCUT2D eigenvalue weighted by atomic mass is 9.92. The first kappa shape index (κ1) is 32.0. The average Bonchev–Trinajstić information content (AvgIpc) is 2.86. The van der Waals surface area contributed by atoms with Gasteiger partial charge >= 0.3 is 6.09 Å². The van der Waals surface area contributed by atoms with E-state index in [9.17, 15) is 26.7 Å². The summed E-state index contributed by atoms with van der Waals surface area (Å²) in [4.78, 5) is 11.9. The van der Waals surface area contributed by atoms with Crippen LogP contribution in [0.1, 0.15) is 78.6 Å². The zero-order valence-electron chi connectivity index (χ0n) is 21.7. The van der Waals surface area contributed by atoms with Crippen molar-refractivity contribution < 1.29 is 45.7 Å². The van der Waals surface area contributed by atoms with E-state index in [-0.39, 0.29) is 18.6 Å². The van der Waals surface area contributed by atoms with Gasteiger partial charge in [0.1, 0.15) is 0 Å². The predicted molar refractivity (Wildman–Crippen MR) is 124 cm³/mol. The third kappa shape index (κ3) is 9.15. The van der Waals surface area contributed by atoms with E-state index in [0.29, 0.717) is 12.8 Å². The summed E-state index contributed by atoms with van der Waals surface area (Å²) < 4.78 is 88.8. The number of rotatable bonds is 17. The molecule has 0 aliphatic heterocycles. The minimum atomic E-state index is -2.34. The quantitative estimate of drug-likeness (QED) is 0.0778. The van der Waals surface area contributed by atoms with Crippen LogP contribution in [0.15, 0.2) is 0 Å². The van der Waals surface area contributed by atoms with Gasteiger partial charge in [-0.15, -0.1) is 0 Å². The maximum absolute atomic E-state index is 13.7. The molecule has 1 aromatic carbocycles. The van der Waals surface area contributed by atoms with Crippen molar-refractivity contribution in [3.8, 4) is 5.75 Å². The first-order valence-electron chi connectivity index (χ1n) is 12.3. The van der Waals surface area contributed by atoms with Crippen LogP contribution in [-0.2, 0) is 14.2 Å². The summed E-state index contributed by atoms with van der Waals surface area (Å²) in [6.45, 7) is 5.86. The van der Waals surface area contributed by atoms with Gasteiger partial charge in [0, 0.05) is 26.7 Å². The van der Waals surface area contributed by atoms with E-state index >= 15 is 0 Å². The topological polar surface area (TPSA) is 66.0 Å². The second kappa shape index (κ2) is 16.0. The summed E-state index contributed by atoms with van der Waals surface area (Å²) in [5.74, 6) is -14.3. The summed E-state index contributed by atoms with van der Waals surface area (Å²) in [7, 11) is 2.97. The van der Waals surface area contributed by atoms with Gasteiger partial charge in [-0.3, -0.25) is 0 Å². The molecule has 36 heavy (non-hydrogen) atoms. The highest BCUT2D eigenvalue weighted by atomic mass is 19.2. The van der Waals surface area contributed by atoms with E-state index in [0.717, 1.165) is 32.1 Å². The number of carbonyl (C=O) groups excluding carboxylic acids is 1. The molecule has 1 aromatic rings. The zero-order chi connectivity index (χ0) is 27.3. The van der Waals surface area contributed by atoms with Gasteiger partial charge in [-0.1, -0.05) is 45.4 Å². The number of ether oxygens (including phenoxy) is 4. The number of methoxy groups -OCH3 is 2. The lowest BCUT2D eigenvalue weighted by molar-refractivity contribution is -0.399. The van der Waals surface area contributed by atoms with Crippen molar-refractivity contribution in [1.29, 1.82) is 0 Å². The maximum Gasteiger partial charge on any atom is 0.412 e. The molecular weight excluding hydrogens is 489 g/mol. The fourth-order valence-electron chi connectivity index (χ4n) is 3.95. The van der Waals surface area contributed by atoms with Crippen molar-refractivity contribution in [3.05, 3.63) is 29.1 Å². The Bertz CT molecular complexity index is 792. The van der Waals surface area contributed by atoms with E-state index in [1.54, 1.807) is 0 Å². The summed E-state index contributed by atoms with van der Waals surface area (Å²) >= 11 is 0. The number of amides is 1. The highest BCUT2D eigenvalue weighted by molar-refractivity contribution is 5.70. The van der Waals surface area contributed by atoms with E-state index in [1.807, 2.05) is 13.8 Å². The Morgan fingerprint density at radius 2 is 1.31 bits per heavy atom. The minimum absolute atomic E-state index is 0.00637. The van der Waals surface area contributed by atoms with Crippen LogP contribution in [-0.4, -0.2) is 38.9 Å². The molecule has 0 saturated heterocycles. The zero-order valence-corrected chi connectivity index (χ0v) is 21.7. The molecule has 0 aliphatic rings. The summed E-state index contributed by atoms with van der Waals surface area (Å²) in [6.07, 6.45) is 6.63. The van der Waals surface area contributed by atoms with Gasteiger partial charge in [0.25, 0.3) is 5.97 Å². The van der Waals surface area contributed by atoms with E-state index < -0.39 is 46.9 Å². The molecule has 1 amide bonds. The summed E-state index contributed by atoms with van der Waals surface area (Å²) in [6, 6.07) is 0. The van der Waals surface area contributed by atoms with Crippen LogP contribution in [0.25, 0.3) is 0 Å². The van der Waals surface area contributed by atoms with Gasteiger partial charge in [-0.25, -0.2) is 18.0 Å². The van der Waals surface area contributed by atoms with Crippen molar-refractivity contribution in [2.24, 2.45) is 5.92 Å². The summed E-state index contributed by atoms with van der Waals surface area (Å²) in [5.41, 5.74) is 0. The van der Waals surface area contributed by atoms with Gasteiger partial charge in [-0.05, 0) is 33.1 Å². The molecule has 0 bridgehead atoms. The molecule has 1 rings (SSSR count). The van der Waals surface area contributed by atoms with Gasteiger partial charge in [0.05, 0.1) is 6.10 Å². The Hall–Kier alpha value is -1.98. The summed E-state index contributed by atoms with van der Waals surface area (Å²) in [5, 5.41) is 2.26. The molecule has 0 spiro atoms. The van der Waals surface area contributed by atoms with Crippen molar-refractivity contribution in [1.82, 2.24) is 5.32 Å². The van der Waals surface area contributed by atoms with E-state index in [1.165, 1.54) is 27.1 Å². The highest BCUT2D eigenvalue weighted by Gasteiger charge is 2.41. The number of benzene rings is 1. The van der Waals surface area contributed by atoms with Crippen LogP contribution in [0.2, 0.25) is 0 Å². The normalized spacial score (nSPS) is 12.8. The van der Waals surface area contributed by atoms with Gasteiger partial charge < -0.3 is 24.3 Å². The Balaban J connectivity index is 2.75. The Morgan fingerprint density at radius 1 is 0.806 bits per heavy atom. The highest BCUT2D eigenvalue weighted by Crippen LogP contribution is 2.34. The SMILES string of the molecule is CCCCCCCCC(CCCNC(=O)Oc1c(F)c(F)c(F)c(F)c1F)C(OC)(OC)OC(C)C. The van der Waals surface area contributed by atoms with Crippen LogP contribution < -0.4 is 10.1 Å². The lowest BCUT2D eigenvalue weighted by Gasteiger charge is -2.39. The monoisotopic (exact) mass is 527 g/mol. The van der Waals surface area contributed by atoms with Crippen LogP contribution >= 0.6 is 0 Å². The third-order valence-corrected chi connectivity index (χ3v) is 5.74. The maximum atomic E-state index is 13.7. The molecule has 6 nitrogen and oxygen atoms in total. The number of halogens is 5. The van der Waals surface area contributed by atoms with E-state index in [2.05, 4.69) is 17.0 Å². The number of hydrogen-bond donors (Lipinski definition) is 1. The van der Waals surface area contributed by atoms with Crippen molar-refractivity contribution in [3.63, 3.8) is 0 Å². The number of hydrogen-bond acceptors (Lipinski definition) is 5. The molecular formula is C25H38F5NO5. The fourth-order valence-corrected chi connectivity index (χ4v) is 3.95. The second-order valence-electron chi connectivity index (χ2n) is 8.79. The average molecular weight is 528 g/mol. The Morgan fingerprint density at radius 3 is 1.83 bits per heavy atom. The molecule has 0 saturated carbocycles. The van der Waals surface area contributed by atoms with Crippen LogP contribution in [0.4, 0.5) is 26.7 Å². The van der Waals surface area contributed by atoms with Crippen molar-refractivity contribution in [2.75, 3.05) is 20.8 Å². The number of nitrogens with one attached hydrogen (secondary N) is 1. The Kier molecular flexibility index (Phi) is 14.2. The molecule has 0 fully saturated rings. The van der Waals surface area contributed by atoms with Crippen LogP contribution in [0.5, 0.6) is 5.75 Å². The van der Waals surface area contributed by atoms with Gasteiger partial charge in [-0.2, -0.15) is 8.78 Å². The minimum Gasteiger partial charge on any atom is -0.404 e. The number of unbranched alkanes of at least 4 members (excludes halogenated alkanes) is 5.